The van der Waals surface area contributed by atoms with Crippen molar-refractivity contribution in [3.63, 3.8) is 0 Å². The van der Waals surface area contributed by atoms with Crippen LogP contribution in [-0.2, 0) is 26.4 Å². The molecule has 0 fully saturated rings. The first-order chi connectivity index (χ1) is 11.1. The molecule has 1 heterocycles. The van der Waals surface area contributed by atoms with Crippen LogP contribution in [0.2, 0.25) is 25.7 Å². The van der Waals surface area contributed by atoms with Crippen molar-refractivity contribution in [1.82, 2.24) is 9.55 Å². The number of methoxy groups -OCH3 is 1. The van der Waals surface area contributed by atoms with E-state index >= 15 is 0 Å². The predicted octanol–water partition coefficient (Wildman–Crippen LogP) is 3.80. The molecule has 0 N–H and O–H groups in total. The van der Waals surface area contributed by atoms with E-state index in [2.05, 4.69) is 24.6 Å². The number of ether oxygens (including phenoxy) is 2. The van der Waals surface area contributed by atoms with Crippen LogP contribution in [0.4, 0.5) is 0 Å². The predicted molar refractivity (Wildman–Crippen MR) is 98.9 cm³/mol. The highest BCUT2D eigenvalue weighted by molar-refractivity contribution is 6.76. The molecule has 6 heteroatoms. The average molecular weight is 349 g/mol. The monoisotopic (exact) mass is 348 g/mol. The average Bonchev–Trinajstić information content (AvgIpc) is 2.92. The van der Waals surface area contributed by atoms with E-state index in [0.29, 0.717) is 6.73 Å². The lowest BCUT2D eigenvalue weighted by Crippen LogP contribution is -2.30. The van der Waals surface area contributed by atoms with Gasteiger partial charge in [0.2, 0.25) is 0 Å². The van der Waals surface area contributed by atoms with Crippen molar-refractivity contribution in [2.75, 3.05) is 13.7 Å². The summed E-state index contributed by atoms with van der Waals surface area (Å²) in [6.07, 6.45) is 1.79. The van der Waals surface area contributed by atoms with Crippen LogP contribution < -0.4 is 0 Å². The van der Waals surface area contributed by atoms with Gasteiger partial charge in [-0.3, -0.25) is 4.79 Å². The topological polar surface area (TPSA) is 53.3 Å². The minimum absolute atomic E-state index is 0.251. The molecule has 2 aromatic rings. The molecule has 0 unspecified atom stereocenters. The SMILES string of the molecule is COC(=O)C(C)(C)c1ccc2ncn(COCC[Si](C)(C)C)c2c1. The van der Waals surface area contributed by atoms with Gasteiger partial charge in [0.05, 0.1) is 29.9 Å². The van der Waals surface area contributed by atoms with Crippen LogP contribution in [0.25, 0.3) is 11.0 Å². The number of carbonyl (C=O) groups excluding carboxylic acids is 1. The quantitative estimate of drug-likeness (QED) is 0.434. The molecule has 0 atom stereocenters. The van der Waals surface area contributed by atoms with E-state index < -0.39 is 13.5 Å². The van der Waals surface area contributed by atoms with Crippen molar-refractivity contribution in [2.45, 2.75) is 51.7 Å². The van der Waals surface area contributed by atoms with E-state index in [1.54, 1.807) is 6.33 Å². The summed E-state index contributed by atoms with van der Waals surface area (Å²) in [4.78, 5) is 16.4. The van der Waals surface area contributed by atoms with E-state index in [4.69, 9.17) is 9.47 Å². The van der Waals surface area contributed by atoms with Crippen LogP contribution in [-0.4, -0.2) is 37.3 Å². The van der Waals surface area contributed by atoms with Gasteiger partial charge in [0.1, 0.15) is 6.73 Å². The van der Waals surface area contributed by atoms with Gasteiger partial charge >= 0.3 is 5.97 Å². The van der Waals surface area contributed by atoms with Gasteiger partial charge in [0, 0.05) is 14.7 Å². The first-order valence-electron chi connectivity index (χ1n) is 8.27. The Kier molecular flexibility index (Phi) is 5.50. The maximum absolute atomic E-state index is 12.0. The fourth-order valence-corrected chi connectivity index (χ4v) is 3.22. The normalized spacial score (nSPS) is 12.6. The molecule has 1 aromatic heterocycles. The number of fused-ring (bicyclic) bond motifs is 1. The summed E-state index contributed by atoms with van der Waals surface area (Å²) in [5.41, 5.74) is 2.08. The molecule has 0 amide bonds. The van der Waals surface area contributed by atoms with Crippen LogP contribution in [0.15, 0.2) is 24.5 Å². The second-order valence-corrected chi connectivity index (χ2v) is 13.5. The molecule has 0 aliphatic heterocycles. The first kappa shape index (κ1) is 18.7. The molecule has 0 saturated carbocycles. The Bertz CT molecular complexity index is 717. The maximum Gasteiger partial charge on any atom is 0.315 e. The summed E-state index contributed by atoms with van der Waals surface area (Å²) >= 11 is 0. The Morgan fingerprint density at radius 3 is 2.62 bits per heavy atom. The van der Waals surface area contributed by atoms with Gasteiger partial charge in [-0.05, 0) is 37.6 Å². The molecule has 0 aliphatic carbocycles. The highest BCUT2D eigenvalue weighted by Crippen LogP contribution is 2.27. The molecule has 1 aromatic carbocycles. The molecular weight excluding hydrogens is 320 g/mol. The van der Waals surface area contributed by atoms with Gasteiger partial charge < -0.3 is 14.0 Å². The summed E-state index contributed by atoms with van der Waals surface area (Å²) in [6.45, 7) is 12.0. The number of hydrogen-bond donors (Lipinski definition) is 0. The second kappa shape index (κ2) is 7.07. The van der Waals surface area contributed by atoms with E-state index in [0.717, 1.165) is 29.2 Å². The third-order valence-corrected chi connectivity index (χ3v) is 5.97. The third-order valence-electron chi connectivity index (χ3n) is 4.27. The van der Waals surface area contributed by atoms with Gasteiger partial charge in [0.25, 0.3) is 0 Å². The number of imidazole rings is 1. The summed E-state index contributed by atoms with van der Waals surface area (Å²) in [7, 11) is 0.331. The number of rotatable bonds is 7. The number of nitrogens with zero attached hydrogens (tertiary/aromatic N) is 2. The van der Waals surface area contributed by atoms with Gasteiger partial charge in [-0.15, -0.1) is 0 Å². The molecule has 0 saturated heterocycles. The lowest BCUT2D eigenvalue weighted by atomic mass is 9.84. The highest BCUT2D eigenvalue weighted by atomic mass is 28.3. The van der Waals surface area contributed by atoms with Crippen LogP contribution in [0, 0.1) is 0 Å². The number of carbonyl (C=O) groups is 1. The summed E-state index contributed by atoms with van der Waals surface area (Å²) < 4.78 is 12.7. The minimum atomic E-state index is -1.08. The van der Waals surface area contributed by atoms with Crippen molar-refractivity contribution in [1.29, 1.82) is 0 Å². The van der Waals surface area contributed by atoms with Crippen LogP contribution >= 0.6 is 0 Å². The molecule has 24 heavy (non-hydrogen) atoms. The van der Waals surface area contributed by atoms with Gasteiger partial charge in [0.15, 0.2) is 0 Å². The summed E-state index contributed by atoms with van der Waals surface area (Å²) in [6, 6.07) is 7.01. The van der Waals surface area contributed by atoms with Crippen LogP contribution in [0.5, 0.6) is 0 Å². The van der Waals surface area contributed by atoms with Gasteiger partial charge in [-0.1, -0.05) is 25.7 Å². The lowest BCUT2D eigenvalue weighted by Gasteiger charge is -2.22. The zero-order valence-corrected chi connectivity index (χ0v) is 16.5. The van der Waals surface area contributed by atoms with Crippen molar-refractivity contribution < 1.29 is 14.3 Å². The van der Waals surface area contributed by atoms with Crippen molar-refractivity contribution >= 4 is 25.1 Å². The summed E-state index contributed by atoms with van der Waals surface area (Å²) in [5.74, 6) is -0.251. The Hall–Kier alpha value is -1.66. The third kappa shape index (κ3) is 4.24. The smallest absolute Gasteiger partial charge is 0.315 e. The highest BCUT2D eigenvalue weighted by Gasteiger charge is 2.31. The number of esters is 1. The van der Waals surface area contributed by atoms with E-state index in [1.807, 2.05) is 36.6 Å². The minimum Gasteiger partial charge on any atom is -0.468 e. The molecule has 0 bridgehead atoms. The van der Waals surface area contributed by atoms with E-state index in [9.17, 15) is 4.79 Å². The van der Waals surface area contributed by atoms with Crippen LogP contribution in [0.1, 0.15) is 19.4 Å². The number of hydrogen-bond acceptors (Lipinski definition) is 4. The van der Waals surface area contributed by atoms with Crippen molar-refractivity contribution in [2.24, 2.45) is 0 Å². The van der Waals surface area contributed by atoms with Crippen molar-refractivity contribution in [3.8, 4) is 0 Å². The van der Waals surface area contributed by atoms with E-state index in [-0.39, 0.29) is 5.97 Å². The number of aromatic nitrogens is 2. The van der Waals surface area contributed by atoms with Gasteiger partial charge in [-0.25, -0.2) is 4.98 Å². The Balaban J connectivity index is 2.18. The standard InChI is InChI=1S/C18H28N2O3Si/c1-18(2,17(21)22-3)14-7-8-15-16(11-14)20(12-19-15)13-23-9-10-24(4,5)6/h7-8,11-12H,9-10,13H2,1-6H3. The van der Waals surface area contributed by atoms with E-state index in [1.165, 1.54) is 7.11 Å². The first-order valence-corrected chi connectivity index (χ1v) is 12.0. The molecule has 5 nitrogen and oxygen atoms in total. The fourth-order valence-electron chi connectivity index (χ4n) is 2.46. The zero-order valence-electron chi connectivity index (χ0n) is 15.5. The molecular formula is C18H28N2O3Si. The Labute approximate surface area is 145 Å². The Morgan fingerprint density at radius 1 is 1.29 bits per heavy atom. The molecule has 2 rings (SSSR count). The van der Waals surface area contributed by atoms with Gasteiger partial charge in [-0.2, -0.15) is 0 Å². The lowest BCUT2D eigenvalue weighted by molar-refractivity contribution is -0.146. The molecule has 132 valence electrons. The van der Waals surface area contributed by atoms with Crippen molar-refractivity contribution in [3.05, 3.63) is 30.1 Å². The zero-order chi connectivity index (χ0) is 18.0. The Morgan fingerprint density at radius 2 is 2.00 bits per heavy atom. The largest absolute Gasteiger partial charge is 0.468 e. The second-order valence-electron chi connectivity index (χ2n) is 7.88. The molecule has 0 aliphatic rings. The molecule has 0 spiro atoms. The summed E-state index contributed by atoms with van der Waals surface area (Å²) in [5, 5.41) is 0. The van der Waals surface area contributed by atoms with Crippen LogP contribution in [0.3, 0.4) is 0 Å². The number of benzene rings is 1. The maximum atomic E-state index is 12.0. The molecule has 0 radical (unpaired) electrons. The fraction of sp³-hybridized carbons (Fsp3) is 0.556.